The molecule has 1 aliphatic carbocycles. The molecule has 3 heteroatoms. The first-order chi connectivity index (χ1) is 9.72. The Labute approximate surface area is 128 Å². The lowest BCUT2D eigenvalue weighted by Gasteiger charge is -2.16. The highest BCUT2D eigenvalue weighted by atomic mass is 79.9. The maximum atomic E-state index is 10.2. The fourth-order valence-corrected chi connectivity index (χ4v) is 3.23. The molecule has 1 aliphatic rings. The first kappa shape index (κ1) is 13.8. The van der Waals surface area contributed by atoms with Crippen molar-refractivity contribution in [2.75, 3.05) is 6.54 Å². The van der Waals surface area contributed by atoms with Crippen LogP contribution in [0.1, 0.15) is 22.8 Å². The molecule has 0 bridgehead atoms. The molecular formula is C17H18BrNO. The summed E-state index contributed by atoms with van der Waals surface area (Å²) < 4.78 is 1.00. The Balaban J connectivity index is 1.56. The van der Waals surface area contributed by atoms with Gasteiger partial charge in [0.2, 0.25) is 0 Å². The number of nitrogens with one attached hydrogen (secondary N) is 1. The molecule has 2 aromatic carbocycles. The number of hydrogen-bond donors (Lipinski definition) is 2. The Morgan fingerprint density at radius 2 is 1.80 bits per heavy atom. The molecule has 1 unspecified atom stereocenters. The normalized spacial score (nSPS) is 16.1. The van der Waals surface area contributed by atoms with Crippen LogP contribution in [0.15, 0.2) is 53.0 Å². The third-order valence-electron chi connectivity index (χ3n) is 3.88. The molecule has 3 rings (SSSR count). The van der Waals surface area contributed by atoms with Gasteiger partial charge >= 0.3 is 0 Å². The van der Waals surface area contributed by atoms with Gasteiger partial charge in [-0.2, -0.15) is 0 Å². The molecule has 0 amide bonds. The van der Waals surface area contributed by atoms with Crippen LogP contribution in [0.4, 0.5) is 0 Å². The topological polar surface area (TPSA) is 32.3 Å². The molecule has 20 heavy (non-hydrogen) atoms. The predicted octanol–water partition coefficient (Wildman–Crippen LogP) is 3.24. The van der Waals surface area contributed by atoms with Gasteiger partial charge in [-0.15, -0.1) is 0 Å². The first-order valence-corrected chi connectivity index (χ1v) is 7.75. The molecule has 0 spiro atoms. The Morgan fingerprint density at radius 3 is 2.45 bits per heavy atom. The van der Waals surface area contributed by atoms with Crippen molar-refractivity contribution in [3.05, 3.63) is 69.7 Å². The van der Waals surface area contributed by atoms with E-state index in [1.807, 2.05) is 24.3 Å². The number of halogens is 1. The van der Waals surface area contributed by atoms with Crippen LogP contribution in [-0.4, -0.2) is 17.7 Å². The van der Waals surface area contributed by atoms with Gasteiger partial charge in [-0.05, 0) is 41.7 Å². The van der Waals surface area contributed by atoms with E-state index in [1.165, 1.54) is 11.1 Å². The average molecular weight is 332 g/mol. The van der Waals surface area contributed by atoms with Crippen molar-refractivity contribution < 1.29 is 5.11 Å². The molecular weight excluding hydrogens is 314 g/mol. The number of rotatable bonds is 4. The molecule has 0 radical (unpaired) electrons. The van der Waals surface area contributed by atoms with E-state index in [0.717, 1.165) is 22.9 Å². The quantitative estimate of drug-likeness (QED) is 0.901. The molecule has 2 nitrogen and oxygen atoms in total. The van der Waals surface area contributed by atoms with Crippen LogP contribution in [0.3, 0.4) is 0 Å². The SMILES string of the molecule is OC(CNC1Cc2ccccc2C1)c1cccc(Br)c1. The van der Waals surface area contributed by atoms with Gasteiger partial charge in [-0.25, -0.2) is 0 Å². The second-order valence-electron chi connectivity index (χ2n) is 5.35. The lowest BCUT2D eigenvalue weighted by molar-refractivity contribution is 0.170. The summed E-state index contributed by atoms with van der Waals surface area (Å²) in [6, 6.07) is 16.9. The maximum absolute atomic E-state index is 10.2. The minimum absolute atomic E-state index is 0.439. The van der Waals surface area contributed by atoms with E-state index in [9.17, 15) is 5.11 Å². The van der Waals surface area contributed by atoms with Gasteiger partial charge in [0.15, 0.2) is 0 Å². The minimum Gasteiger partial charge on any atom is -0.387 e. The van der Waals surface area contributed by atoms with Gasteiger partial charge in [-0.3, -0.25) is 0 Å². The molecule has 0 saturated heterocycles. The van der Waals surface area contributed by atoms with Crippen LogP contribution in [0.5, 0.6) is 0 Å². The zero-order valence-corrected chi connectivity index (χ0v) is 12.8. The Bertz CT molecular complexity index is 574. The Hall–Kier alpha value is -1.16. The van der Waals surface area contributed by atoms with Crippen LogP contribution in [0, 0.1) is 0 Å². The number of fused-ring (bicyclic) bond motifs is 1. The Kier molecular flexibility index (Phi) is 4.20. The predicted molar refractivity (Wildman–Crippen MR) is 84.7 cm³/mol. The van der Waals surface area contributed by atoms with E-state index in [-0.39, 0.29) is 0 Å². The van der Waals surface area contributed by atoms with Crippen molar-refractivity contribution in [1.29, 1.82) is 0 Å². The molecule has 1 atom stereocenters. The van der Waals surface area contributed by atoms with Gasteiger partial charge in [0.05, 0.1) is 6.10 Å². The largest absolute Gasteiger partial charge is 0.387 e. The second kappa shape index (κ2) is 6.08. The highest BCUT2D eigenvalue weighted by Crippen LogP contribution is 2.22. The molecule has 2 N–H and O–H groups in total. The number of aliphatic hydroxyl groups excluding tert-OH is 1. The van der Waals surface area contributed by atoms with E-state index >= 15 is 0 Å². The summed E-state index contributed by atoms with van der Waals surface area (Å²) in [6.07, 6.45) is 1.65. The fraction of sp³-hybridized carbons (Fsp3) is 0.294. The third-order valence-corrected chi connectivity index (χ3v) is 4.38. The summed E-state index contributed by atoms with van der Waals surface area (Å²) in [6.45, 7) is 0.592. The van der Waals surface area contributed by atoms with Gasteiger partial charge in [0, 0.05) is 17.1 Å². The van der Waals surface area contributed by atoms with Crippen molar-refractivity contribution in [1.82, 2.24) is 5.32 Å². The van der Waals surface area contributed by atoms with Crippen LogP contribution in [0.2, 0.25) is 0 Å². The van der Waals surface area contributed by atoms with Crippen molar-refractivity contribution in [3.63, 3.8) is 0 Å². The highest BCUT2D eigenvalue weighted by Gasteiger charge is 2.21. The van der Waals surface area contributed by atoms with E-state index in [1.54, 1.807) is 0 Å². The fourth-order valence-electron chi connectivity index (χ4n) is 2.81. The summed E-state index contributed by atoms with van der Waals surface area (Å²) in [5, 5.41) is 13.7. The van der Waals surface area contributed by atoms with Crippen molar-refractivity contribution >= 4 is 15.9 Å². The first-order valence-electron chi connectivity index (χ1n) is 6.96. The summed E-state index contributed by atoms with van der Waals surface area (Å²) >= 11 is 3.44. The van der Waals surface area contributed by atoms with Crippen molar-refractivity contribution in [2.24, 2.45) is 0 Å². The van der Waals surface area contributed by atoms with Crippen molar-refractivity contribution in [2.45, 2.75) is 25.0 Å². The van der Waals surface area contributed by atoms with E-state index in [2.05, 4.69) is 45.5 Å². The van der Waals surface area contributed by atoms with Crippen LogP contribution in [-0.2, 0) is 12.8 Å². The molecule has 0 aromatic heterocycles. The summed E-state index contributed by atoms with van der Waals surface area (Å²) in [7, 11) is 0. The van der Waals surface area contributed by atoms with E-state index in [4.69, 9.17) is 0 Å². The average Bonchev–Trinajstić information content (AvgIpc) is 2.87. The maximum Gasteiger partial charge on any atom is 0.0914 e. The molecule has 0 heterocycles. The third kappa shape index (κ3) is 3.11. The van der Waals surface area contributed by atoms with Gasteiger partial charge in [-0.1, -0.05) is 52.3 Å². The molecule has 0 saturated carbocycles. The molecule has 0 aliphatic heterocycles. The molecule has 2 aromatic rings. The van der Waals surface area contributed by atoms with Crippen molar-refractivity contribution in [3.8, 4) is 0 Å². The zero-order chi connectivity index (χ0) is 13.9. The van der Waals surface area contributed by atoms with Crippen LogP contribution >= 0.6 is 15.9 Å². The summed E-state index contributed by atoms with van der Waals surface area (Å²) in [5.74, 6) is 0. The number of hydrogen-bond acceptors (Lipinski definition) is 2. The van der Waals surface area contributed by atoms with Gasteiger partial charge in [0.1, 0.15) is 0 Å². The molecule has 104 valence electrons. The van der Waals surface area contributed by atoms with E-state index < -0.39 is 6.10 Å². The zero-order valence-electron chi connectivity index (χ0n) is 11.2. The second-order valence-corrected chi connectivity index (χ2v) is 6.27. The monoisotopic (exact) mass is 331 g/mol. The lowest BCUT2D eigenvalue weighted by Crippen LogP contribution is -2.33. The summed E-state index contributed by atoms with van der Waals surface area (Å²) in [4.78, 5) is 0. The Morgan fingerprint density at radius 1 is 1.10 bits per heavy atom. The number of aliphatic hydroxyl groups is 1. The van der Waals surface area contributed by atoms with Crippen LogP contribution in [0.25, 0.3) is 0 Å². The molecule has 0 fully saturated rings. The smallest absolute Gasteiger partial charge is 0.0914 e. The minimum atomic E-state index is -0.462. The van der Waals surface area contributed by atoms with Gasteiger partial charge in [0.25, 0.3) is 0 Å². The number of benzene rings is 2. The lowest BCUT2D eigenvalue weighted by atomic mass is 10.1. The van der Waals surface area contributed by atoms with E-state index in [0.29, 0.717) is 12.6 Å². The standard InChI is InChI=1S/C17H18BrNO/c18-15-7-3-6-14(8-15)17(20)11-19-16-9-12-4-1-2-5-13(12)10-16/h1-8,16-17,19-20H,9-11H2. The van der Waals surface area contributed by atoms with Crippen LogP contribution < -0.4 is 5.32 Å². The summed E-state index contributed by atoms with van der Waals surface area (Å²) in [5.41, 5.74) is 3.81. The van der Waals surface area contributed by atoms with Gasteiger partial charge < -0.3 is 10.4 Å². The highest BCUT2D eigenvalue weighted by molar-refractivity contribution is 9.10.